The molecule has 162 valence electrons. The number of nitrogens with zero attached hydrogens (tertiary/aromatic N) is 1. The van der Waals surface area contributed by atoms with E-state index in [1.54, 1.807) is 18.2 Å². The van der Waals surface area contributed by atoms with Crippen LogP contribution in [0.1, 0.15) is 36.3 Å². The van der Waals surface area contributed by atoms with Crippen molar-refractivity contribution in [1.82, 2.24) is 5.32 Å². The monoisotopic (exact) mass is 447 g/mol. The molecule has 7 heteroatoms. The second-order valence-electron chi connectivity index (χ2n) is 7.81. The van der Waals surface area contributed by atoms with Gasteiger partial charge in [-0.25, -0.2) is 4.39 Å². The molecule has 0 fully saturated rings. The third-order valence-electron chi connectivity index (χ3n) is 5.56. The van der Waals surface area contributed by atoms with Crippen molar-refractivity contribution in [2.45, 2.75) is 32.1 Å². The topological polar surface area (TPSA) is 82.0 Å². The van der Waals surface area contributed by atoms with Crippen molar-refractivity contribution in [2.75, 3.05) is 11.1 Å². The first-order chi connectivity index (χ1) is 15.5. The van der Waals surface area contributed by atoms with E-state index in [0.717, 1.165) is 11.3 Å². The summed E-state index contributed by atoms with van der Waals surface area (Å²) in [5.74, 6) is -1.44. The van der Waals surface area contributed by atoms with Crippen molar-refractivity contribution in [3.63, 3.8) is 0 Å². The maximum atomic E-state index is 14.7. The van der Waals surface area contributed by atoms with Crippen molar-refractivity contribution in [3.8, 4) is 6.07 Å². The summed E-state index contributed by atoms with van der Waals surface area (Å²) >= 11 is 1.19. The predicted octanol–water partition coefficient (Wildman–Crippen LogP) is 4.94. The van der Waals surface area contributed by atoms with Crippen LogP contribution >= 0.6 is 11.8 Å². The maximum absolute atomic E-state index is 14.7. The fraction of sp³-hybridized carbons (Fsp3) is 0.240. The van der Waals surface area contributed by atoms with Crippen LogP contribution in [0.15, 0.2) is 70.4 Å². The average molecular weight is 448 g/mol. The zero-order valence-corrected chi connectivity index (χ0v) is 18.4. The van der Waals surface area contributed by atoms with Gasteiger partial charge in [-0.05, 0) is 38.0 Å². The molecule has 1 aliphatic heterocycles. The van der Waals surface area contributed by atoms with Crippen LogP contribution in [-0.4, -0.2) is 17.4 Å². The molecule has 5 nitrogen and oxygen atoms in total. The molecule has 0 aromatic heterocycles. The highest BCUT2D eigenvalue weighted by Crippen LogP contribution is 2.44. The summed E-state index contributed by atoms with van der Waals surface area (Å²) in [7, 11) is 0. The number of halogens is 1. The van der Waals surface area contributed by atoms with Gasteiger partial charge < -0.3 is 10.6 Å². The Bertz CT molecular complexity index is 1180. The van der Waals surface area contributed by atoms with E-state index in [0.29, 0.717) is 41.1 Å². The minimum absolute atomic E-state index is 0.0686. The van der Waals surface area contributed by atoms with Crippen molar-refractivity contribution in [3.05, 3.63) is 87.3 Å². The number of carbonyl (C=O) groups excluding carboxylic acids is 2. The van der Waals surface area contributed by atoms with Gasteiger partial charge in [-0.15, -0.1) is 0 Å². The zero-order chi connectivity index (χ0) is 22.7. The van der Waals surface area contributed by atoms with Gasteiger partial charge in [0, 0.05) is 28.9 Å². The van der Waals surface area contributed by atoms with Crippen molar-refractivity contribution >= 4 is 29.1 Å². The highest BCUT2D eigenvalue weighted by Gasteiger charge is 2.38. The van der Waals surface area contributed by atoms with E-state index in [-0.39, 0.29) is 23.0 Å². The average Bonchev–Trinajstić information content (AvgIpc) is 2.79. The van der Waals surface area contributed by atoms with E-state index in [1.807, 2.05) is 31.2 Å². The van der Waals surface area contributed by atoms with Gasteiger partial charge in [0.15, 0.2) is 5.78 Å². The third-order valence-corrected chi connectivity index (χ3v) is 6.58. The number of amides is 1. The second kappa shape index (κ2) is 9.41. The molecule has 2 aromatic carbocycles. The minimum atomic E-state index is -0.770. The smallest absolute Gasteiger partial charge is 0.234 e. The molecule has 0 radical (unpaired) electrons. The van der Waals surface area contributed by atoms with Crippen molar-refractivity contribution in [2.24, 2.45) is 0 Å². The molecule has 2 N–H and O–H groups in total. The summed E-state index contributed by atoms with van der Waals surface area (Å²) in [6.07, 6.45) is 1.72. The Morgan fingerprint density at radius 3 is 2.69 bits per heavy atom. The number of allylic oxidation sites excluding steroid dienone is 3. The third kappa shape index (κ3) is 4.46. The Balaban J connectivity index is 1.62. The van der Waals surface area contributed by atoms with E-state index in [2.05, 4.69) is 16.7 Å². The summed E-state index contributed by atoms with van der Waals surface area (Å²) < 4.78 is 14.7. The molecule has 1 amide bonds. The second-order valence-corrected chi connectivity index (χ2v) is 8.79. The summed E-state index contributed by atoms with van der Waals surface area (Å²) in [5, 5.41) is 16.5. The number of nitrogens with one attached hydrogen (secondary N) is 2. The fourth-order valence-electron chi connectivity index (χ4n) is 4.03. The number of benzene rings is 2. The number of hydrogen-bond donors (Lipinski definition) is 2. The predicted molar refractivity (Wildman–Crippen MR) is 123 cm³/mol. The van der Waals surface area contributed by atoms with E-state index in [9.17, 15) is 19.2 Å². The van der Waals surface area contributed by atoms with Gasteiger partial charge in [0.25, 0.3) is 0 Å². The van der Waals surface area contributed by atoms with Crippen LogP contribution < -0.4 is 10.6 Å². The summed E-state index contributed by atoms with van der Waals surface area (Å²) in [4.78, 5) is 25.2. The Morgan fingerprint density at radius 2 is 1.97 bits per heavy atom. The molecule has 0 saturated heterocycles. The molecule has 2 aromatic rings. The zero-order valence-electron chi connectivity index (χ0n) is 17.6. The Hall–Kier alpha value is -3.37. The molecule has 2 aliphatic rings. The number of carbonyl (C=O) groups is 2. The lowest BCUT2D eigenvalue weighted by Gasteiger charge is -2.33. The molecule has 0 saturated carbocycles. The molecule has 1 heterocycles. The lowest BCUT2D eigenvalue weighted by atomic mass is 9.76. The van der Waals surface area contributed by atoms with Crippen molar-refractivity contribution < 1.29 is 14.0 Å². The van der Waals surface area contributed by atoms with Gasteiger partial charge in [-0.1, -0.05) is 47.7 Å². The number of Topliss-reactive ketones (excluding diaryl/α,β-unsaturated/α-hetero) is 1. The van der Waals surface area contributed by atoms with Crippen LogP contribution in [-0.2, 0) is 9.59 Å². The molecule has 1 aliphatic carbocycles. The first-order valence-corrected chi connectivity index (χ1v) is 11.4. The first-order valence-electron chi connectivity index (χ1n) is 10.4. The molecule has 4 rings (SSSR count). The molecule has 0 spiro atoms. The van der Waals surface area contributed by atoms with E-state index in [4.69, 9.17) is 0 Å². The molecular weight excluding hydrogens is 425 g/mol. The molecule has 32 heavy (non-hydrogen) atoms. The summed E-state index contributed by atoms with van der Waals surface area (Å²) in [6, 6.07) is 15.9. The van der Waals surface area contributed by atoms with Gasteiger partial charge in [0.1, 0.15) is 5.82 Å². The first kappa shape index (κ1) is 21.8. The van der Waals surface area contributed by atoms with E-state index in [1.165, 1.54) is 17.8 Å². The van der Waals surface area contributed by atoms with E-state index >= 15 is 0 Å². The van der Waals surface area contributed by atoms with Crippen LogP contribution in [0.4, 0.5) is 10.1 Å². The van der Waals surface area contributed by atoms with Crippen LogP contribution in [0.25, 0.3) is 0 Å². The number of thioether (sulfide) groups is 1. The largest absolute Gasteiger partial charge is 0.352 e. The van der Waals surface area contributed by atoms with Gasteiger partial charge in [0.2, 0.25) is 5.91 Å². The standard InChI is InChI=1S/C25H22FN3O2S/c1-15-9-11-16(12-10-15)28-22(31)14-32-25-18(13-27)23(17-5-2-3-6-19(17)26)24-20(29-25)7-4-8-21(24)30/h2-3,5-6,9-12,23,29H,4,7-8,14H2,1H3,(H,28,31). The minimum Gasteiger partial charge on any atom is -0.352 e. The lowest BCUT2D eigenvalue weighted by molar-refractivity contribution is -0.116. The number of aryl methyl sites for hydroxylation is 1. The highest BCUT2D eigenvalue weighted by atomic mass is 32.2. The number of nitriles is 1. The fourth-order valence-corrected chi connectivity index (χ4v) is 4.89. The SMILES string of the molecule is Cc1ccc(NC(=O)CSC2=C(C#N)C(c3ccccc3F)C3=C(CCCC3=O)N2)cc1. The van der Waals surface area contributed by atoms with Crippen molar-refractivity contribution in [1.29, 1.82) is 5.26 Å². The lowest BCUT2D eigenvalue weighted by Crippen LogP contribution is -2.32. The normalized spacial score (nSPS) is 18.0. The van der Waals surface area contributed by atoms with Crippen LogP contribution in [0.5, 0.6) is 0 Å². The number of anilines is 1. The number of hydrogen-bond acceptors (Lipinski definition) is 5. The molecule has 1 atom stereocenters. The van der Waals surface area contributed by atoms with Gasteiger partial charge >= 0.3 is 0 Å². The van der Waals surface area contributed by atoms with Crippen LogP contribution in [0, 0.1) is 24.1 Å². The summed E-state index contributed by atoms with van der Waals surface area (Å²) in [6.45, 7) is 1.97. The molecule has 0 bridgehead atoms. The van der Waals surface area contributed by atoms with Crippen LogP contribution in [0.2, 0.25) is 0 Å². The summed E-state index contributed by atoms with van der Waals surface area (Å²) in [5.41, 5.74) is 3.53. The van der Waals surface area contributed by atoms with Crippen LogP contribution in [0.3, 0.4) is 0 Å². The van der Waals surface area contributed by atoms with E-state index < -0.39 is 11.7 Å². The Morgan fingerprint density at radius 1 is 1.22 bits per heavy atom. The molecular formula is C25H22FN3O2S. The Labute approximate surface area is 190 Å². The number of rotatable bonds is 5. The number of dihydropyridines is 1. The van der Waals surface area contributed by atoms with Gasteiger partial charge in [-0.3, -0.25) is 9.59 Å². The maximum Gasteiger partial charge on any atom is 0.234 e. The molecule has 1 unspecified atom stereocenters. The number of ketones is 1. The van der Waals surface area contributed by atoms with Gasteiger partial charge in [-0.2, -0.15) is 5.26 Å². The quantitative estimate of drug-likeness (QED) is 0.679. The Kier molecular flexibility index (Phi) is 6.42. The highest BCUT2D eigenvalue weighted by molar-refractivity contribution is 8.03. The van der Waals surface area contributed by atoms with Gasteiger partial charge in [0.05, 0.1) is 28.3 Å².